The number of hydrogen-bond donors (Lipinski definition) is 1. The van der Waals surface area contributed by atoms with E-state index >= 15 is 0 Å². The van der Waals surface area contributed by atoms with Crippen LogP contribution in [0.1, 0.15) is 27.2 Å². The summed E-state index contributed by atoms with van der Waals surface area (Å²) in [6.07, 6.45) is 4.28. The van der Waals surface area contributed by atoms with Gasteiger partial charge in [-0.25, -0.2) is 9.59 Å². The molecule has 0 radical (unpaired) electrons. The quantitative estimate of drug-likeness (QED) is 0.776. The normalized spacial score (nSPS) is 22.9. The molecule has 0 aromatic carbocycles. The molecule has 19 heavy (non-hydrogen) atoms. The van der Waals surface area contributed by atoms with Gasteiger partial charge in [0.25, 0.3) is 0 Å². The number of ether oxygens (including phenoxy) is 2. The smallest absolute Gasteiger partial charge is 0.411 e. The Morgan fingerprint density at radius 1 is 1.47 bits per heavy atom. The van der Waals surface area contributed by atoms with Crippen LogP contribution in [0, 0.1) is 12.3 Å². The van der Waals surface area contributed by atoms with Crippen LogP contribution in [0.15, 0.2) is 0 Å². The zero-order valence-corrected chi connectivity index (χ0v) is 11.4. The lowest BCUT2D eigenvalue weighted by Crippen LogP contribution is -2.43. The minimum absolute atomic E-state index is 0.0964. The Hall–Kier alpha value is -1.74. The molecule has 0 saturated carbocycles. The molecule has 0 bridgehead atoms. The van der Waals surface area contributed by atoms with Crippen molar-refractivity contribution in [3.05, 3.63) is 0 Å². The summed E-state index contributed by atoms with van der Waals surface area (Å²) < 4.78 is 10.5. The van der Waals surface area contributed by atoms with Gasteiger partial charge in [-0.3, -0.25) is 4.90 Å². The standard InChI is InChI=1S/C13H19NO5/c1-5-6-18-9-7-10(11(15)16)14(8-9)12(17)19-13(2,3)4/h1,9-10H,6-8H2,2-4H3,(H,15,16)/t9-,10-/m0/s1. The van der Waals surface area contributed by atoms with Gasteiger partial charge in [0, 0.05) is 6.42 Å². The van der Waals surface area contributed by atoms with E-state index in [0.29, 0.717) is 0 Å². The average molecular weight is 269 g/mol. The molecule has 6 heteroatoms. The third-order valence-corrected chi connectivity index (χ3v) is 2.58. The van der Waals surface area contributed by atoms with Gasteiger partial charge in [0.05, 0.1) is 12.6 Å². The van der Waals surface area contributed by atoms with Crippen LogP contribution in [0.3, 0.4) is 0 Å². The lowest BCUT2D eigenvalue weighted by atomic mass is 10.2. The van der Waals surface area contributed by atoms with Crippen molar-refractivity contribution >= 4 is 12.1 Å². The van der Waals surface area contributed by atoms with E-state index in [1.807, 2.05) is 0 Å². The minimum Gasteiger partial charge on any atom is -0.480 e. The van der Waals surface area contributed by atoms with Gasteiger partial charge >= 0.3 is 12.1 Å². The number of aliphatic carboxylic acids is 1. The molecule has 1 heterocycles. The Labute approximate surface area is 112 Å². The Morgan fingerprint density at radius 2 is 2.11 bits per heavy atom. The molecule has 2 atom stereocenters. The lowest BCUT2D eigenvalue weighted by Gasteiger charge is -2.26. The topological polar surface area (TPSA) is 76.1 Å². The highest BCUT2D eigenvalue weighted by Crippen LogP contribution is 2.23. The molecule has 1 saturated heterocycles. The number of hydrogen-bond acceptors (Lipinski definition) is 4. The van der Waals surface area contributed by atoms with Crippen molar-refractivity contribution in [1.29, 1.82) is 0 Å². The van der Waals surface area contributed by atoms with Crippen LogP contribution in [0.4, 0.5) is 4.79 Å². The van der Waals surface area contributed by atoms with E-state index in [-0.39, 0.29) is 25.7 Å². The van der Waals surface area contributed by atoms with E-state index in [1.54, 1.807) is 20.8 Å². The van der Waals surface area contributed by atoms with Crippen molar-refractivity contribution in [2.24, 2.45) is 0 Å². The molecular formula is C13H19NO5. The zero-order valence-electron chi connectivity index (χ0n) is 11.4. The molecule has 0 aliphatic carbocycles. The third-order valence-electron chi connectivity index (χ3n) is 2.58. The van der Waals surface area contributed by atoms with Crippen LogP contribution in [0.25, 0.3) is 0 Å². The number of rotatable bonds is 3. The summed E-state index contributed by atoms with van der Waals surface area (Å²) in [5, 5.41) is 9.13. The fourth-order valence-electron chi connectivity index (χ4n) is 1.84. The molecule has 6 nitrogen and oxygen atoms in total. The fraction of sp³-hybridized carbons (Fsp3) is 0.692. The number of carboxylic acid groups (broad SMARTS) is 1. The van der Waals surface area contributed by atoms with Crippen molar-refractivity contribution in [3.63, 3.8) is 0 Å². The van der Waals surface area contributed by atoms with Crippen LogP contribution in [0.2, 0.25) is 0 Å². The number of amides is 1. The van der Waals surface area contributed by atoms with Crippen LogP contribution >= 0.6 is 0 Å². The maximum Gasteiger partial charge on any atom is 0.411 e. The van der Waals surface area contributed by atoms with Crippen LogP contribution in [-0.4, -0.2) is 53.0 Å². The summed E-state index contributed by atoms with van der Waals surface area (Å²) in [5.74, 6) is 1.25. The predicted octanol–water partition coefficient (Wildman–Crippen LogP) is 1.10. The second kappa shape index (κ2) is 5.93. The lowest BCUT2D eigenvalue weighted by molar-refractivity contribution is -0.142. The second-order valence-electron chi connectivity index (χ2n) is 5.36. The number of carboxylic acids is 1. The van der Waals surface area contributed by atoms with Gasteiger partial charge in [0.15, 0.2) is 0 Å². The van der Waals surface area contributed by atoms with Crippen molar-refractivity contribution in [1.82, 2.24) is 4.90 Å². The summed E-state index contributed by atoms with van der Waals surface area (Å²) in [5.41, 5.74) is -0.669. The molecule has 1 amide bonds. The molecule has 0 unspecified atom stereocenters. The van der Waals surface area contributed by atoms with Crippen LogP contribution < -0.4 is 0 Å². The summed E-state index contributed by atoms with van der Waals surface area (Å²) in [6, 6.07) is -0.933. The van der Waals surface area contributed by atoms with Crippen molar-refractivity contribution in [3.8, 4) is 12.3 Å². The highest BCUT2D eigenvalue weighted by molar-refractivity contribution is 5.81. The van der Waals surface area contributed by atoms with Gasteiger partial charge in [-0.05, 0) is 20.8 Å². The summed E-state index contributed by atoms with van der Waals surface area (Å²) >= 11 is 0. The van der Waals surface area contributed by atoms with E-state index < -0.39 is 23.7 Å². The molecular weight excluding hydrogens is 250 g/mol. The Morgan fingerprint density at radius 3 is 2.58 bits per heavy atom. The van der Waals surface area contributed by atoms with Gasteiger partial charge in [-0.15, -0.1) is 6.42 Å². The first kappa shape index (κ1) is 15.3. The largest absolute Gasteiger partial charge is 0.480 e. The van der Waals surface area contributed by atoms with E-state index in [9.17, 15) is 9.59 Å². The molecule has 0 spiro atoms. The van der Waals surface area contributed by atoms with E-state index in [2.05, 4.69) is 5.92 Å². The predicted molar refractivity (Wildman–Crippen MR) is 67.6 cm³/mol. The first-order valence-corrected chi connectivity index (χ1v) is 6.02. The van der Waals surface area contributed by atoms with Crippen molar-refractivity contribution in [2.75, 3.05) is 13.2 Å². The van der Waals surface area contributed by atoms with Crippen LogP contribution in [-0.2, 0) is 14.3 Å². The fourth-order valence-corrected chi connectivity index (χ4v) is 1.84. The molecule has 1 rings (SSSR count). The maximum absolute atomic E-state index is 11.9. The Kier molecular flexibility index (Phi) is 4.78. The molecule has 0 aromatic heterocycles. The SMILES string of the molecule is C#CCO[C@H]1C[C@@H](C(=O)O)N(C(=O)OC(C)(C)C)C1. The molecule has 106 valence electrons. The zero-order chi connectivity index (χ0) is 14.6. The molecule has 1 fully saturated rings. The molecule has 0 aromatic rings. The number of carbonyl (C=O) groups excluding carboxylic acids is 1. The maximum atomic E-state index is 11.9. The molecule has 1 aliphatic rings. The van der Waals surface area contributed by atoms with Gasteiger partial charge < -0.3 is 14.6 Å². The number of terminal acetylenes is 1. The number of nitrogens with zero attached hydrogens (tertiary/aromatic N) is 1. The molecule has 1 N–H and O–H groups in total. The highest BCUT2D eigenvalue weighted by Gasteiger charge is 2.41. The summed E-state index contributed by atoms with van der Waals surface area (Å²) in [7, 11) is 0. The monoisotopic (exact) mass is 269 g/mol. The van der Waals surface area contributed by atoms with Crippen molar-refractivity contribution < 1.29 is 24.2 Å². The average Bonchev–Trinajstić information content (AvgIpc) is 2.68. The van der Waals surface area contributed by atoms with Gasteiger partial charge in [-0.2, -0.15) is 0 Å². The Balaban J connectivity index is 2.71. The summed E-state index contributed by atoms with van der Waals surface area (Å²) in [4.78, 5) is 24.3. The van der Waals surface area contributed by atoms with Gasteiger partial charge in [0.1, 0.15) is 18.2 Å². The second-order valence-corrected chi connectivity index (χ2v) is 5.36. The first-order valence-electron chi connectivity index (χ1n) is 6.02. The first-order chi connectivity index (χ1) is 8.74. The van der Waals surface area contributed by atoms with E-state index in [0.717, 1.165) is 0 Å². The van der Waals surface area contributed by atoms with Crippen molar-refractivity contribution in [2.45, 2.75) is 44.9 Å². The van der Waals surface area contributed by atoms with Gasteiger partial charge in [0.2, 0.25) is 0 Å². The number of likely N-dealkylation sites (tertiary alicyclic amines) is 1. The minimum atomic E-state index is -1.07. The molecule has 1 aliphatic heterocycles. The van der Waals surface area contributed by atoms with Gasteiger partial charge in [-0.1, -0.05) is 5.92 Å². The van der Waals surface area contributed by atoms with E-state index in [4.69, 9.17) is 21.0 Å². The Bertz CT molecular complexity index is 393. The third kappa shape index (κ3) is 4.45. The highest BCUT2D eigenvalue weighted by atomic mass is 16.6. The number of carbonyl (C=O) groups is 2. The summed E-state index contributed by atoms with van der Waals surface area (Å²) in [6.45, 7) is 5.45. The van der Waals surface area contributed by atoms with E-state index in [1.165, 1.54) is 4.90 Å². The van der Waals surface area contributed by atoms with Crippen LogP contribution in [0.5, 0.6) is 0 Å².